The van der Waals surface area contributed by atoms with Gasteiger partial charge in [-0.05, 0) is 13.3 Å². The molecule has 0 atom stereocenters. The largest absolute Gasteiger partial charge is 0.478 e. The minimum Gasteiger partial charge on any atom is -0.478 e. The third kappa shape index (κ3) is 3.89. The Hall–Kier alpha value is -0.870. The van der Waals surface area contributed by atoms with E-state index < -0.39 is 5.97 Å². The van der Waals surface area contributed by atoms with Gasteiger partial charge in [-0.1, -0.05) is 6.08 Å². The van der Waals surface area contributed by atoms with Crippen LogP contribution < -0.4 is 0 Å². The van der Waals surface area contributed by atoms with E-state index in [4.69, 9.17) is 9.84 Å². The van der Waals surface area contributed by atoms with Crippen molar-refractivity contribution in [3.63, 3.8) is 0 Å². The second kappa shape index (κ2) is 5.78. The third-order valence-electron chi connectivity index (χ3n) is 2.31. The van der Waals surface area contributed by atoms with Crippen molar-refractivity contribution in [2.45, 2.75) is 13.3 Å². The van der Waals surface area contributed by atoms with E-state index in [2.05, 4.69) is 4.90 Å². The van der Waals surface area contributed by atoms with Crippen LogP contribution in [0.3, 0.4) is 0 Å². The number of hydrogen-bond donors (Lipinski definition) is 1. The molecule has 0 spiro atoms. The second-order valence-corrected chi connectivity index (χ2v) is 3.46. The van der Waals surface area contributed by atoms with Crippen molar-refractivity contribution in [3.05, 3.63) is 11.6 Å². The zero-order valence-corrected chi connectivity index (χ0v) is 8.53. The van der Waals surface area contributed by atoms with E-state index in [-0.39, 0.29) is 0 Å². The second-order valence-electron chi connectivity index (χ2n) is 3.46. The maximum atomic E-state index is 10.5. The molecule has 0 saturated carbocycles. The van der Waals surface area contributed by atoms with Gasteiger partial charge in [0.05, 0.1) is 6.61 Å². The van der Waals surface area contributed by atoms with Gasteiger partial charge in [0, 0.05) is 31.8 Å². The highest BCUT2D eigenvalue weighted by Gasteiger charge is 2.08. The van der Waals surface area contributed by atoms with Crippen LogP contribution in [0.4, 0.5) is 0 Å². The molecular formula is C10H17NO3. The van der Waals surface area contributed by atoms with Crippen LogP contribution in [0.1, 0.15) is 13.3 Å². The zero-order chi connectivity index (χ0) is 10.4. The predicted molar refractivity (Wildman–Crippen MR) is 53.3 cm³/mol. The fourth-order valence-electron chi connectivity index (χ4n) is 1.33. The Morgan fingerprint density at radius 1 is 1.50 bits per heavy atom. The number of carbonyl (C=O) groups is 1. The lowest BCUT2D eigenvalue weighted by Crippen LogP contribution is -2.26. The summed E-state index contributed by atoms with van der Waals surface area (Å²) in [6.45, 7) is 5.78. The van der Waals surface area contributed by atoms with E-state index in [1.165, 1.54) is 0 Å². The van der Waals surface area contributed by atoms with Gasteiger partial charge in [-0.2, -0.15) is 0 Å². The Labute approximate surface area is 84.2 Å². The minimum atomic E-state index is -0.837. The number of aliphatic carboxylic acids is 1. The number of carboxylic acid groups (broad SMARTS) is 1. The lowest BCUT2D eigenvalue weighted by molar-refractivity contribution is -0.132. The van der Waals surface area contributed by atoms with Gasteiger partial charge >= 0.3 is 5.97 Å². The first-order chi connectivity index (χ1) is 6.70. The van der Waals surface area contributed by atoms with E-state index in [9.17, 15) is 4.79 Å². The van der Waals surface area contributed by atoms with E-state index in [1.807, 2.05) is 0 Å². The van der Waals surface area contributed by atoms with Gasteiger partial charge in [-0.15, -0.1) is 0 Å². The zero-order valence-electron chi connectivity index (χ0n) is 8.53. The molecule has 0 bridgehead atoms. The third-order valence-corrected chi connectivity index (χ3v) is 2.31. The molecule has 80 valence electrons. The molecule has 0 aromatic carbocycles. The summed E-state index contributed by atoms with van der Waals surface area (Å²) in [7, 11) is 0. The smallest absolute Gasteiger partial charge is 0.330 e. The highest BCUT2D eigenvalue weighted by atomic mass is 16.5. The first kappa shape index (κ1) is 11.2. The predicted octanol–water partition coefficient (Wildman–Crippen LogP) is 0.740. The molecule has 1 fully saturated rings. The molecule has 1 aliphatic rings. The van der Waals surface area contributed by atoms with Crippen molar-refractivity contribution in [3.8, 4) is 0 Å². The molecule has 14 heavy (non-hydrogen) atoms. The molecule has 0 aromatic heterocycles. The van der Waals surface area contributed by atoms with Crippen molar-refractivity contribution in [1.29, 1.82) is 0 Å². The molecule has 0 radical (unpaired) electrons. The quantitative estimate of drug-likeness (QED) is 0.681. The molecule has 1 heterocycles. The standard InChI is InChI=1S/C10H17NO3/c1-9(10(12)13)3-5-11-4-2-7-14-8-6-11/h3H,2,4-8H2,1H3,(H,12,13). The molecule has 0 unspecified atom stereocenters. The lowest BCUT2D eigenvalue weighted by atomic mass is 10.2. The van der Waals surface area contributed by atoms with Gasteiger partial charge in [0.25, 0.3) is 0 Å². The average Bonchev–Trinajstić information content (AvgIpc) is 2.42. The normalized spacial score (nSPS) is 20.5. The maximum Gasteiger partial charge on any atom is 0.330 e. The molecule has 0 amide bonds. The number of nitrogens with zero attached hydrogens (tertiary/aromatic N) is 1. The highest BCUT2D eigenvalue weighted by Crippen LogP contribution is 2.00. The van der Waals surface area contributed by atoms with E-state index in [1.54, 1.807) is 13.0 Å². The van der Waals surface area contributed by atoms with E-state index >= 15 is 0 Å². The monoisotopic (exact) mass is 199 g/mol. The van der Waals surface area contributed by atoms with Gasteiger partial charge in [0.1, 0.15) is 0 Å². The van der Waals surface area contributed by atoms with E-state index in [0.717, 1.165) is 32.7 Å². The SMILES string of the molecule is CC(=CCN1CCCOCC1)C(=O)O. The summed E-state index contributed by atoms with van der Waals surface area (Å²) >= 11 is 0. The van der Waals surface area contributed by atoms with Gasteiger partial charge in [-0.3, -0.25) is 4.90 Å². The molecule has 1 saturated heterocycles. The summed E-state index contributed by atoms with van der Waals surface area (Å²) in [5, 5.41) is 8.66. The van der Waals surface area contributed by atoms with Gasteiger partial charge in [0.2, 0.25) is 0 Å². The molecule has 4 nitrogen and oxygen atoms in total. The lowest BCUT2D eigenvalue weighted by Gasteiger charge is -2.16. The van der Waals surface area contributed by atoms with Crippen LogP contribution in [0.2, 0.25) is 0 Å². The van der Waals surface area contributed by atoms with Crippen LogP contribution in [-0.4, -0.2) is 48.8 Å². The molecule has 0 aromatic rings. The Bertz CT molecular complexity index is 217. The minimum absolute atomic E-state index is 0.412. The molecule has 4 heteroatoms. The molecule has 1 aliphatic heterocycles. The molecule has 0 aliphatic carbocycles. The van der Waals surface area contributed by atoms with Crippen LogP contribution in [-0.2, 0) is 9.53 Å². The summed E-state index contributed by atoms with van der Waals surface area (Å²) in [4.78, 5) is 12.7. The first-order valence-corrected chi connectivity index (χ1v) is 4.90. The van der Waals surface area contributed by atoms with Crippen molar-refractivity contribution in [2.24, 2.45) is 0 Å². The maximum absolute atomic E-state index is 10.5. The van der Waals surface area contributed by atoms with Crippen molar-refractivity contribution < 1.29 is 14.6 Å². The Kier molecular flexibility index (Phi) is 4.62. The topological polar surface area (TPSA) is 49.8 Å². The summed E-state index contributed by atoms with van der Waals surface area (Å²) in [6, 6.07) is 0. The Balaban J connectivity index is 2.35. The summed E-state index contributed by atoms with van der Waals surface area (Å²) < 4.78 is 5.30. The molecule has 1 N–H and O–H groups in total. The average molecular weight is 199 g/mol. The van der Waals surface area contributed by atoms with Crippen LogP contribution in [0.25, 0.3) is 0 Å². The van der Waals surface area contributed by atoms with Crippen molar-refractivity contribution >= 4 is 5.97 Å². The summed E-state index contributed by atoms with van der Waals surface area (Å²) in [5.41, 5.74) is 0.412. The van der Waals surface area contributed by atoms with Crippen LogP contribution in [0.15, 0.2) is 11.6 Å². The van der Waals surface area contributed by atoms with Crippen LogP contribution >= 0.6 is 0 Å². The van der Waals surface area contributed by atoms with Gasteiger partial charge in [0.15, 0.2) is 0 Å². The van der Waals surface area contributed by atoms with Crippen molar-refractivity contribution in [1.82, 2.24) is 4.90 Å². The summed E-state index contributed by atoms with van der Waals surface area (Å²) in [5.74, 6) is -0.837. The number of carboxylic acids is 1. The fourth-order valence-corrected chi connectivity index (χ4v) is 1.33. The highest BCUT2D eigenvalue weighted by molar-refractivity contribution is 5.85. The Morgan fingerprint density at radius 3 is 3.00 bits per heavy atom. The molecular weight excluding hydrogens is 182 g/mol. The van der Waals surface area contributed by atoms with Crippen molar-refractivity contribution in [2.75, 3.05) is 32.8 Å². The number of rotatable bonds is 3. The molecule has 1 rings (SSSR count). The van der Waals surface area contributed by atoms with Gasteiger partial charge < -0.3 is 9.84 Å². The number of ether oxygens (including phenoxy) is 1. The first-order valence-electron chi connectivity index (χ1n) is 4.90. The van der Waals surface area contributed by atoms with Gasteiger partial charge in [-0.25, -0.2) is 4.79 Å². The number of hydrogen-bond acceptors (Lipinski definition) is 3. The summed E-state index contributed by atoms with van der Waals surface area (Å²) in [6.07, 6.45) is 2.79. The van der Waals surface area contributed by atoms with Crippen LogP contribution in [0, 0.1) is 0 Å². The fraction of sp³-hybridized carbons (Fsp3) is 0.700. The van der Waals surface area contributed by atoms with E-state index in [0.29, 0.717) is 12.1 Å². The van der Waals surface area contributed by atoms with Crippen LogP contribution in [0.5, 0.6) is 0 Å². The Morgan fingerprint density at radius 2 is 2.29 bits per heavy atom.